The molecule has 0 radical (unpaired) electrons. The number of aromatic nitrogens is 1. The summed E-state index contributed by atoms with van der Waals surface area (Å²) >= 11 is 0. The van der Waals surface area contributed by atoms with Gasteiger partial charge in [-0.15, -0.1) is 0 Å². The van der Waals surface area contributed by atoms with Crippen LogP contribution in [0.1, 0.15) is 54.8 Å². The molecule has 6 nitrogen and oxygen atoms in total. The van der Waals surface area contributed by atoms with Crippen molar-refractivity contribution in [2.75, 3.05) is 10.2 Å². The van der Waals surface area contributed by atoms with Gasteiger partial charge in [0.15, 0.2) is 0 Å². The first-order valence-corrected chi connectivity index (χ1v) is 9.20. The Kier molecular flexibility index (Phi) is 5.17. The SMILES string of the molecule is CCC1[C@H](C)[C@@H](Nc2cccc(C)n2)c2cc(C(=O)O)ccc2N1C(C)=O. The van der Waals surface area contributed by atoms with Crippen molar-refractivity contribution < 1.29 is 14.7 Å². The summed E-state index contributed by atoms with van der Waals surface area (Å²) in [6.45, 7) is 7.64. The summed E-state index contributed by atoms with van der Waals surface area (Å²) in [4.78, 5) is 30.2. The van der Waals surface area contributed by atoms with Crippen LogP contribution in [0.2, 0.25) is 0 Å². The summed E-state index contributed by atoms with van der Waals surface area (Å²) in [6.07, 6.45) is 0.806. The van der Waals surface area contributed by atoms with E-state index < -0.39 is 5.97 Å². The maximum absolute atomic E-state index is 12.4. The van der Waals surface area contributed by atoms with Crippen LogP contribution in [0, 0.1) is 12.8 Å². The first kappa shape index (κ1) is 18.9. The van der Waals surface area contributed by atoms with Gasteiger partial charge >= 0.3 is 5.97 Å². The summed E-state index contributed by atoms with van der Waals surface area (Å²) in [7, 11) is 0. The van der Waals surface area contributed by atoms with Crippen LogP contribution < -0.4 is 10.2 Å². The third-order valence-corrected chi connectivity index (χ3v) is 5.28. The van der Waals surface area contributed by atoms with Gasteiger partial charge < -0.3 is 15.3 Å². The highest BCUT2D eigenvalue weighted by molar-refractivity contribution is 5.95. The largest absolute Gasteiger partial charge is 0.478 e. The molecule has 3 atom stereocenters. The van der Waals surface area contributed by atoms with Crippen LogP contribution in [0.4, 0.5) is 11.5 Å². The minimum absolute atomic E-state index is 0.0213. The number of fused-ring (bicyclic) bond motifs is 1. The number of nitrogens with zero attached hydrogens (tertiary/aromatic N) is 2. The van der Waals surface area contributed by atoms with E-state index in [0.717, 1.165) is 29.2 Å². The maximum atomic E-state index is 12.4. The molecule has 1 aliphatic heterocycles. The lowest BCUT2D eigenvalue weighted by molar-refractivity contribution is -0.117. The van der Waals surface area contributed by atoms with Crippen molar-refractivity contribution in [3.05, 3.63) is 53.2 Å². The second kappa shape index (κ2) is 7.39. The van der Waals surface area contributed by atoms with Crippen LogP contribution in [-0.4, -0.2) is 28.0 Å². The van der Waals surface area contributed by atoms with Gasteiger partial charge in [-0.05, 0) is 49.2 Å². The summed E-state index contributed by atoms with van der Waals surface area (Å²) in [5, 5.41) is 12.9. The van der Waals surface area contributed by atoms with E-state index in [1.165, 1.54) is 0 Å². The molecule has 142 valence electrons. The smallest absolute Gasteiger partial charge is 0.335 e. The zero-order valence-corrected chi connectivity index (χ0v) is 16.1. The highest BCUT2D eigenvalue weighted by atomic mass is 16.4. The Bertz CT molecular complexity index is 881. The molecule has 0 spiro atoms. The number of carbonyl (C=O) groups is 2. The lowest BCUT2D eigenvalue weighted by Gasteiger charge is -2.45. The van der Waals surface area contributed by atoms with E-state index in [1.807, 2.05) is 25.1 Å². The van der Waals surface area contributed by atoms with Crippen molar-refractivity contribution in [1.82, 2.24) is 4.98 Å². The molecule has 1 unspecified atom stereocenters. The van der Waals surface area contributed by atoms with E-state index >= 15 is 0 Å². The van der Waals surface area contributed by atoms with Crippen molar-refractivity contribution in [2.24, 2.45) is 5.92 Å². The van der Waals surface area contributed by atoms with E-state index in [4.69, 9.17) is 0 Å². The molecule has 1 aromatic heterocycles. The van der Waals surface area contributed by atoms with Crippen molar-refractivity contribution in [1.29, 1.82) is 0 Å². The quantitative estimate of drug-likeness (QED) is 0.853. The van der Waals surface area contributed by atoms with Crippen LogP contribution in [0.5, 0.6) is 0 Å². The fourth-order valence-corrected chi connectivity index (χ4v) is 4.02. The Labute approximate surface area is 159 Å². The molecule has 1 aromatic carbocycles. The van der Waals surface area contributed by atoms with E-state index in [1.54, 1.807) is 30.0 Å². The van der Waals surface area contributed by atoms with E-state index in [2.05, 4.69) is 24.1 Å². The van der Waals surface area contributed by atoms with Gasteiger partial charge in [-0.1, -0.05) is 19.9 Å². The number of carbonyl (C=O) groups excluding carboxylic acids is 1. The Morgan fingerprint density at radius 3 is 2.59 bits per heavy atom. The first-order chi connectivity index (χ1) is 12.8. The molecule has 27 heavy (non-hydrogen) atoms. The molecule has 0 fully saturated rings. The molecule has 0 saturated carbocycles. The van der Waals surface area contributed by atoms with Gasteiger partial charge in [-0.2, -0.15) is 0 Å². The average molecular weight is 367 g/mol. The number of amides is 1. The molecular formula is C21H25N3O3. The summed E-state index contributed by atoms with van der Waals surface area (Å²) < 4.78 is 0. The Balaban J connectivity index is 2.14. The minimum atomic E-state index is -0.982. The number of hydrogen-bond acceptors (Lipinski definition) is 4. The fourth-order valence-electron chi connectivity index (χ4n) is 4.02. The number of carboxylic acids is 1. The van der Waals surface area contributed by atoms with Gasteiger partial charge in [0.2, 0.25) is 5.91 Å². The Morgan fingerprint density at radius 1 is 1.26 bits per heavy atom. The number of hydrogen-bond donors (Lipinski definition) is 2. The molecule has 2 aromatic rings. The molecule has 0 bridgehead atoms. The number of pyridine rings is 1. The molecule has 3 rings (SSSR count). The number of aryl methyl sites for hydroxylation is 1. The molecule has 0 saturated heterocycles. The third-order valence-electron chi connectivity index (χ3n) is 5.28. The zero-order valence-electron chi connectivity index (χ0n) is 16.1. The highest BCUT2D eigenvalue weighted by Crippen LogP contribution is 2.43. The molecule has 6 heteroatoms. The van der Waals surface area contributed by atoms with Crippen molar-refractivity contribution in [2.45, 2.75) is 46.2 Å². The van der Waals surface area contributed by atoms with Gasteiger partial charge in [0, 0.05) is 30.3 Å². The zero-order chi connectivity index (χ0) is 19.7. The predicted molar refractivity (Wildman–Crippen MR) is 105 cm³/mol. The molecular weight excluding hydrogens is 342 g/mol. The van der Waals surface area contributed by atoms with Crippen molar-refractivity contribution in [3.8, 4) is 0 Å². The summed E-state index contributed by atoms with van der Waals surface area (Å²) in [5.74, 6) is -0.197. The van der Waals surface area contributed by atoms with E-state index in [-0.39, 0.29) is 29.5 Å². The standard InChI is InChI=1S/C21H25N3O3/c1-5-17-13(3)20(23-19-8-6-7-12(2)22-19)16-11-15(21(26)27)9-10-18(16)24(17)14(4)25/h6-11,13,17,20H,5H2,1-4H3,(H,22,23)(H,26,27)/t13-,17?,20+/m0/s1. The minimum Gasteiger partial charge on any atom is -0.478 e. The third kappa shape index (κ3) is 3.52. The van der Waals surface area contributed by atoms with Crippen molar-refractivity contribution in [3.63, 3.8) is 0 Å². The Morgan fingerprint density at radius 2 is 2.00 bits per heavy atom. The predicted octanol–water partition coefficient (Wildman–Crippen LogP) is 4.02. The fraction of sp³-hybridized carbons (Fsp3) is 0.381. The molecule has 2 heterocycles. The van der Waals surface area contributed by atoms with Gasteiger partial charge in [-0.3, -0.25) is 4.79 Å². The molecule has 0 aliphatic carbocycles. The number of rotatable bonds is 4. The number of carboxylic acid groups (broad SMARTS) is 1. The number of benzene rings is 1. The van der Waals surface area contributed by atoms with Crippen LogP contribution in [0.3, 0.4) is 0 Å². The second-order valence-electron chi connectivity index (χ2n) is 7.09. The van der Waals surface area contributed by atoms with Crippen LogP contribution in [-0.2, 0) is 4.79 Å². The van der Waals surface area contributed by atoms with E-state index in [0.29, 0.717) is 0 Å². The molecule has 1 aliphatic rings. The summed E-state index contributed by atoms with van der Waals surface area (Å²) in [6, 6.07) is 10.6. The molecule has 2 N–H and O–H groups in total. The van der Waals surface area contributed by atoms with Crippen molar-refractivity contribution >= 4 is 23.4 Å². The van der Waals surface area contributed by atoms with Crippen LogP contribution in [0.25, 0.3) is 0 Å². The topological polar surface area (TPSA) is 82.5 Å². The normalized spacial score (nSPS) is 21.5. The van der Waals surface area contributed by atoms with Crippen LogP contribution >= 0.6 is 0 Å². The number of anilines is 2. The van der Waals surface area contributed by atoms with Gasteiger partial charge in [0.1, 0.15) is 5.82 Å². The number of aromatic carboxylic acids is 1. The maximum Gasteiger partial charge on any atom is 0.335 e. The van der Waals surface area contributed by atoms with Gasteiger partial charge in [0.05, 0.1) is 11.6 Å². The van der Waals surface area contributed by atoms with Gasteiger partial charge in [-0.25, -0.2) is 9.78 Å². The molecule has 1 amide bonds. The van der Waals surface area contributed by atoms with Gasteiger partial charge in [0.25, 0.3) is 0 Å². The lowest BCUT2D eigenvalue weighted by atomic mass is 9.80. The Hall–Kier alpha value is -2.89. The summed E-state index contributed by atoms with van der Waals surface area (Å²) in [5.41, 5.74) is 2.69. The van der Waals surface area contributed by atoms with E-state index in [9.17, 15) is 14.7 Å². The lowest BCUT2D eigenvalue weighted by Crippen LogP contribution is -2.49. The second-order valence-corrected chi connectivity index (χ2v) is 7.09. The van der Waals surface area contributed by atoms with Crippen LogP contribution in [0.15, 0.2) is 36.4 Å². The first-order valence-electron chi connectivity index (χ1n) is 9.20. The highest BCUT2D eigenvalue weighted by Gasteiger charge is 2.40. The monoisotopic (exact) mass is 367 g/mol. The average Bonchev–Trinajstić information content (AvgIpc) is 2.62. The number of nitrogens with one attached hydrogen (secondary N) is 1.